The van der Waals surface area contributed by atoms with Crippen molar-refractivity contribution >= 4 is 11.7 Å². The summed E-state index contributed by atoms with van der Waals surface area (Å²) in [6.45, 7) is 3.98. The van der Waals surface area contributed by atoms with Crippen molar-refractivity contribution in [1.29, 1.82) is 0 Å². The number of aliphatic carboxylic acids is 1. The molecule has 0 aromatic heterocycles. The van der Waals surface area contributed by atoms with Gasteiger partial charge >= 0.3 is 5.97 Å². The molecule has 0 saturated carbocycles. The lowest BCUT2D eigenvalue weighted by Crippen LogP contribution is -2.37. The number of nitrogens with one attached hydrogen (secondary N) is 1. The first-order chi connectivity index (χ1) is 14.3. The maximum absolute atomic E-state index is 12.9. The van der Waals surface area contributed by atoms with Crippen LogP contribution in [0.1, 0.15) is 25.0 Å². The first kappa shape index (κ1) is 21.2. The molecule has 0 saturated heterocycles. The van der Waals surface area contributed by atoms with Gasteiger partial charge in [-0.3, -0.25) is 0 Å². The predicted molar refractivity (Wildman–Crippen MR) is 113 cm³/mol. The Balaban J connectivity index is 1.53. The Kier molecular flexibility index (Phi) is 6.57. The topological polar surface area (TPSA) is 67.8 Å². The Bertz CT molecular complexity index is 985. The summed E-state index contributed by atoms with van der Waals surface area (Å²) >= 11 is 0. The van der Waals surface area contributed by atoms with Crippen LogP contribution in [0.15, 0.2) is 72.8 Å². The zero-order chi connectivity index (χ0) is 21.6. The van der Waals surface area contributed by atoms with Crippen molar-refractivity contribution in [2.45, 2.75) is 32.6 Å². The molecule has 0 amide bonds. The van der Waals surface area contributed by atoms with E-state index in [9.17, 15) is 14.3 Å². The fourth-order valence-corrected chi connectivity index (χ4v) is 2.66. The zero-order valence-corrected chi connectivity index (χ0v) is 16.9. The maximum atomic E-state index is 12.9. The molecule has 2 N–H and O–H groups in total. The number of carbonyl (C=O) groups is 1. The smallest absolute Gasteiger partial charge is 0.347 e. The molecule has 0 aliphatic heterocycles. The van der Waals surface area contributed by atoms with E-state index in [2.05, 4.69) is 5.32 Å². The minimum absolute atomic E-state index is 0.265. The summed E-state index contributed by atoms with van der Waals surface area (Å²) in [4.78, 5) is 11.2. The normalized spacial score (nSPS) is 11.0. The summed E-state index contributed by atoms with van der Waals surface area (Å²) in [5.41, 5.74) is 1.48. The zero-order valence-electron chi connectivity index (χ0n) is 16.9. The van der Waals surface area contributed by atoms with Crippen LogP contribution in [-0.4, -0.2) is 16.7 Å². The largest absolute Gasteiger partial charge is 0.489 e. The number of hydrogen-bond donors (Lipinski definition) is 2. The third-order valence-electron chi connectivity index (χ3n) is 4.46. The van der Waals surface area contributed by atoms with Gasteiger partial charge in [0, 0.05) is 18.3 Å². The van der Waals surface area contributed by atoms with Crippen molar-refractivity contribution in [1.82, 2.24) is 0 Å². The second kappa shape index (κ2) is 9.31. The van der Waals surface area contributed by atoms with Gasteiger partial charge in [-0.2, -0.15) is 0 Å². The number of rotatable bonds is 9. The van der Waals surface area contributed by atoms with Gasteiger partial charge in [0.15, 0.2) is 5.60 Å². The van der Waals surface area contributed by atoms with Crippen LogP contribution in [0.2, 0.25) is 0 Å². The average molecular weight is 409 g/mol. The van der Waals surface area contributed by atoms with Crippen molar-refractivity contribution in [2.75, 3.05) is 5.32 Å². The van der Waals surface area contributed by atoms with E-state index in [1.54, 1.807) is 24.3 Å². The summed E-state index contributed by atoms with van der Waals surface area (Å²) in [5, 5.41) is 12.5. The molecule has 0 heterocycles. The number of halogens is 1. The fraction of sp³-hybridized carbons (Fsp3) is 0.208. The standard InChI is InChI=1S/C24H24FNO4/c1-24(2,23(27)28)30-22-5-3-4-20(14-22)26-15-17-8-12-21(13-9-17)29-16-18-6-10-19(25)11-7-18/h3-14,26H,15-16H2,1-2H3,(H,27,28). The van der Waals surface area contributed by atoms with E-state index in [4.69, 9.17) is 9.47 Å². The van der Waals surface area contributed by atoms with Crippen LogP contribution >= 0.6 is 0 Å². The highest BCUT2D eigenvalue weighted by atomic mass is 19.1. The predicted octanol–water partition coefficient (Wildman–Crippen LogP) is 5.26. The second-order valence-corrected chi connectivity index (χ2v) is 7.36. The molecule has 0 bridgehead atoms. The number of anilines is 1. The third-order valence-corrected chi connectivity index (χ3v) is 4.46. The Labute approximate surface area is 175 Å². The van der Waals surface area contributed by atoms with Gasteiger partial charge in [-0.25, -0.2) is 9.18 Å². The Morgan fingerprint density at radius 2 is 1.63 bits per heavy atom. The van der Waals surface area contributed by atoms with Crippen molar-refractivity contribution < 1.29 is 23.8 Å². The molecule has 3 aromatic rings. The van der Waals surface area contributed by atoms with Crippen molar-refractivity contribution in [3.05, 3.63) is 89.7 Å². The Morgan fingerprint density at radius 3 is 2.30 bits per heavy atom. The van der Waals surface area contributed by atoms with Crippen molar-refractivity contribution in [3.63, 3.8) is 0 Å². The summed E-state index contributed by atoms with van der Waals surface area (Å²) in [7, 11) is 0. The number of carboxylic acid groups (broad SMARTS) is 1. The summed E-state index contributed by atoms with van der Waals surface area (Å²) in [6.07, 6.45) is 0. The highest BCUT2D eigenvalue weighted by molar-refractivity contribution is 5.76. The summed E-state index contributed by atoms with van der Waals surface area (Å²) in [5.74, 6) is -0.0767. The molecule has 3 rings (SSSR count). The molecule has 0 radical (unpaired) electrons. The summed E-state index contributed by atoms with van der Waals surface area (Å²) < 4.78 is 24.2. The van der Waals surface area contributed by atoms with Crippen LogP contribution in [0.4, 0.5) is 10.1 Å². The van der Waals surface area contributed by atoms with E-state index < -0.39 is 11.6 Å². The number of carboxylic acids is 1. The molecule has 6 heteroatoms. The average Bonchev–Trinajstić information content (AvgIpc) is 2.72. The highest BCUT2D eigenvalue weighted by Crippen LogP contribution is 2.23. The van der Waals surface area contributed by atoms with Crippen LogP contribution in [-0.2, 0) is 17.9 Å². The molecule has 0 unspecified atom stereocenters. The quantitative estimate of drug-likeness (QED) is 0.505. The molecular formula is C24H24FNO4. The first-order valence-electron chi connectivity index (χ1n) is 9.54. The van der Waals surface area contributed by atoms with Crippen molar-refractivity contribution in [3.8, 4) is 11.5 Å². The lowest BCUT2D eigenvalue weighted by molar-refractivity contribution is -0.152. The molecule has 30 heavy (non-hydrogen) atoms. The van der Waals surface area contributed by atoms with E-state index >= 15 is 0 Å². The van der Waals surface area contributed by atoms with E-state index in [1.165, 1.54) is 26.0 Å². The number of hydrogen-bond acceptors (Lipinski definition) is 4. The molecule has 3 aromatic carbocycles. The van der Waals surface area contributed by atoms with Crippen LogP contribution < -0.4 is 14.8 Å². The lowest BCUT2D eigenvalue weighted by atomic mass is 10.1. The molecule has 156 valence electrons. The van der Waals surface area contributed by atoms with E-state index in [0.29, 0.717) is 18.9 Å². The Hall–Kier alpha value is -3.54. The van der Waals surface area contributed by atoms with Crippen LogP contribution in [0, 0.1) is 5.82 Å². The molecule has 0 spiro atoms. The van der Waals surface area contributed by atoms with E-state index in [-0.39, 0.29) is 5.82 Å². The fourth-order valence-electron chi connectivity index (χ4n) is 2.66. The number of benzene rings is 3. The van der Waals surface area contributed by atoms with Gasteiger partial charge in [0.05, 0.1) is 0 Å². The van der Waals surface area contributed by atoms with Gasteiger partial charge in [0.1, 0.15) is 23.9 Å². The van der Waals surface area contributed by atoms with Gasteiger partial charge in [0.2, 0.25) is 0 Å². The molecule has 0 fully saturated rings. The Morgan fingerprint density at radius 1 is 0.967 bits per heavy atom. The molecule has 0 atom stereocenters. The monoisotopic (exact) mass is 409 g/mol. The van der Waals surface area contributed by atoms with Crippen LogP contribution in [0.5, 0.6) is 11.5 Å². The maximum Gasteiger partial charge on any atom is 0.347 e. The van der Waals surface area contributed by atoms with E-state index in [0.717, 1.165) is 22.6 Å². The van der Waals surface area contributed by atoms with E-state index in [1.807, 2.05) is 36.4 Å². The molecule has 0 aliphatic rings. The van der Waals surface area contributed by atoms with Gasteiger partial charge < -0.3 is 19.9 Å². The van der Waals surface area contributed by atoms with Crippen molar-refractivity contribution in [2.24, 2.45) is 0 Å². The van der Waals surface area contributed by atoms with Gasteiger partial charge in [-0.05, 0) is 61.4 Å². The van der Waals surface area contributed by atoms with Gasteiger partial charge in [0.25, 0.3) is 0 Å². The second-order valence-electron chi connectivity index (χ2n) is 7.36. The van der Waals surface area contributed by atoms with Gasteiger partial charge in [-0.15, -0.1) is 0 Å². The molecule has 0 aliphatic carbocycles. The molecular weight excluding hydrogens is 385 g/mol. The first-order valence-corrected chi connectivity index (χ1v) is 9.54. The minimum Gasteiger partial charge on any atom is -0.489 e. The highest BCUT2D eigenvalue weighted by Gasteiger charge is 2.29. The third kappa shape index (κ3) is 5.98. The van der Waals surface area contributed by atoms with Gasteiger partial charge in [-0.1, -0.05) is 30.3 Å². The lowest BCUT2D eigenvalue weighted by Gasteiger charge is -2.22. The molecule has 5 nitrogen and oxygen atoms in total. The minimum atomic E-state index is -1.30. The number of ether oxygens (including phenoxy) is 2. The summed E-state index contributed by atoms with van der Waals surface area (Å²) in [6, 6.07) is 21.1. The SMILES string of the molecule is CC(C)(Oc1cccc(NCc2ccc(OCc3ccc(F)cc3)cc2)c1)C(=O)O. The van der Waals surface area contributed by atoms with Crippen LogP contribution in [0.25, 0.3) is 0 Å². The van der Waals surface area contributed by atoms with Crippen LogP contribution in [0.3, 0.4) is 0 Å².